The van der Waals surface area contributed by atoms with Crippen LogP contribution >= 0.6 is 0 Å². The predicted octanol–water partition coefficient (Wildman–Crippen LogP) is 1.42. The molecule has 0 radical (unpaired) electrons. The van der Waals surface area contributed by atoms with Crippen molar-refractivity contribution in [2.45, 2.75) is 38.2 Å². The Balaban J connectivity index is 2.20. The molecule has 3 N–H and O–H groups in total. The molecule has 4 heteroatoms. The lowest BCUT2D eigenvalue weighted by atomic mass is 9.69. The molecule has 1 unspecified atom stereocenters. The van der Waals surface area contributed by atoms with Gasteiger partial charge in [0.05, 0.1) is 5.69 Å². The minimum atomic E-state index is -0.555. The van der Waals surface area contributed by atoms with Crippen LogP contribution in [0.15, 0.2) is 18.6 Å². The van der Waals surface area contributed by atoms with Gasteiger partial charge >= 0.3 is 0 Å². The highest BCUT2D eigenvalue weighted by atomic mass is 16.3. The average molecular weight is 221 g/mol. The van der Waals surface area contributed by atoms with Crippen LogP contribution in [0, 0.1) is 5.41 Å². The molecule has 1 aliphatic rings. The van der Waals surface area contributed by atoms with Crippen molar-refractivity contribution in [3.8, 4) is 0 Å². The minimum Gasteiger partial charge on any atom is -0.386 e. The Morgan fingerprint density at radius 3 is 2.69 bits per heavy atom. The number of hydrogen-bond donors (Lipinski definition) is 2. The molecule has 4 nitrogen and oxygen atoms in total. The maximum atomic E-state index is 10.4. The summed E-state index contributed by atoms with van der Waals surface area (Å²) >= 11 is 0. The Kier molecular flexibility index (Phi) is 3.51. The van der Waals surface area contributed by atoms with Crippen LogP contribution in [0.5, 0.6) is 0 Å². The van der Waals surface area contributed by atoms with E-state index >= 15 is 0 Å². The van der Waals surface area contributed by atoms with E-state index < -0.39 is 6.10 Å². The van der Waals surface area contributed by atoms with Crippen molar-refractivity contribution in [1.82, 2.24) is 9.97 Å². The molecular formula is C12H19N3O. The quantitative estimate of drug-likeness (QED) is 0.809. The second-order valence-electron chi connectivity index (χ2n) is 4.66. The molecule has 1 fully saturated rings. The van der Waals surface area contributed by atoms with E-state index in [2.05, 4.69) is 9.97 Å². The summed E-state index contributed by atoms with van der Waals surface area (Å²) in [6, 6.07) is 1.77. The van der Waals surface area contributed by atoms with Gasteiger partial charge in [-0.1, -0.05) is 19.3 Å². The topological polar surface area (TPSA) is 72.0 Å². The molecular weight excluding hydrogens is 202 g/mol. The van der Waals surface area contributed by atoms with Crippen LogP contribution in [0.4, 0.5) is 0 Å². The number of aliphatic hydroxyl groups excluding tert-OH is 1. The number of nitrogens with zero attached hydrogens (tertiary/aromatic N) is 2. The Labute approximate surface area is 95.9 Å². The van der Waals surface area contributed by atoms with Crippen LogP contribution in [-0.2, 0) is 0 Å². The van der Waals surface area contributed by atoms with Crippen LogP contribution in [0.2, 0.25) is 0 Å². The Morgan fingerprint density at radius 1 is 1.38 bits per heavy atom. The summed E-state index contributed by atoms with van der Waals surface area (Å²) in [5.74, 6) is 0. The smallest absolute Gasteiger partial charge is 0.115 e. The largest absolute Gasteiger partial charge is 0.386 e. The van der Waals surface area contributed by atoms with Crippen LogP contribution < -0.4 is 5.73 Å². The van der Waals surface area contributed by atoms with E-state index in [9.17, 15) is 5.11 Å². The Hall–Kier alpha value is -1.00. The Bertz CT molecular complexity index is 322. The molecule has 1 aromatic heterocycles. The summed E-state index contributed by atoms with van der Waals surface area (Å²) in [4.78, 5) is 8.00. The summed E-state index contributed by atoms with van der Waals surface area (Å²) < 4.78 is 0. The van der Waals surface area contributed by atoms with Crippen LogP contribution in [0.25, 0.3) is 0 Å². The number of aromatic nitrogens is 2. The zero-order valence-corrected chi connectivity index (χ0v) is 9.47. The fourth-order valence-corrected chi connectivity index (χ4v) is 2.62. The van der Waals surface area contributed by atoms with Crippen molar-refractivity contribution in [2.75, 3.05) is 6.54 Å². The zero-order valence-electron chi connectivity index (χ0n) is 9.47. The second-order valence-corrected chi connectivity index (χ2v) is 4.66. The highest BCUT2D eigenvalue weighted by Crippen LogP contribution is 2.44. The van der Waals surface area contributed by atoms with Gasteiger partial charge in [-0.25, -0.2) is 9.97 Å². The minimum absolute atomic E-state index is 0.174. The van der Waals surface area contributed by atoms with E-state index in [1.54, 1.807) is 12.3 Å². The molecule has 0 aromatic carbocycles. The molecule has 1 atom stereocenters. The number of nitrogens with two attached hydrogens (primary N) is 1. The molecule has 0 bridgehead atoms. The van der Waals surface area contributed by atoms with Crippen LogP contribution in [-0.4, -0.2) is 21.6 Å². The van der Waals surface area contributed by atoms with Crippen molar-refractivity contribution in [3.05, 3.63) is 24.3 Å². The van der Waals surface area contributed by atoms with Gasteiger partial charge in [-0.2, -0.15) is 0 Å². The predicted molar refractivity (Wildman–Crippen MR) is 61.6 cm³/mol. The lowest BCUT2D eigenvalue weighted by Crippen LogP contribution is -2.38. The fraction of sp³-hybridized carbons (Fsp3) is 0.667. The fourth-order valence-electron chi connectivity index (χ4n) is 2.62. The number of rotatable bonds is 3. The molecule has 0 amide bonds. The average Bonchev–Trinajstić information content (AvgIpc) is 2.39. The summed E-state index contributed by atoms with van der Waals surface area (Å²) in [6.07, 6.45) is 8.13. The lowest BCUT2D eigenvalue weighted by Gasteiger charge is -2.39. The summed E-state index contributed by atoms with van der Waals surface area (Å²) in [7, 11) is 0. The summed E-state index contributed by atoms with van der Waals surface area (Å²) in [5.41, 5.74) is 6.40. The van der Waals surface area contributed by atoms with E-state index in [0.717, 1.165) is 25.7 Å². The monoisotopic (exact) mass is 221 g/mol. The molecule has 1 aliphatic carbocycles. The van der Waals surface area contributed by atoms with E-state index in [0.29, 0.717) is 12.2 Å². The van der Waals surface area contributed by atoms with Crippen molar-refractivity contribution in [1.29, 1.82) is 0 Å². The van der Waals surface area contributed by atoms with Gasteiger partial charge in [0.2, 0.25) is 0 Å². The first kappa shape index (κ1) is 11.5. The molecule has 1 heterocycles. The third kappa shape index (κ3) is 2.08. The first-order chi connectivity index (χ1) is 7.78. The summed E-state index contributed by atoms with van der Waals surface area (Å²) in [6.45, 7) is 0.526. The number of hydrogen-bond acceptors (Lipinski definition) is 4. The van der Waals surface area contributed by atoms with E-state index in [-0.39, 0.29) is 5.41 Å². The Morgan fingerprint density at radius 2 is 2.12 bits per heavy atom. The van der Waals surface area contributed by atoms with E-state index in [1.165, 1.54) is 12.7 Å². The van der Waals surface area contributed by atoms with Gasteiger partial charge in [-0.3, -0.25) is 0 Å². The first-order valence-electron chi connectivity index (χ1n) is 5.92. The third-order valence-electron chi connectivity index (χ3n) is 3.72. The van der Waals surface area contributed by atoms with Crippen molar-refractivity contribution >= 4 is 0 Å². The molecule has 1 saturated carbocycles. The van der Waals surface area contributed by atoms with Crippen LogP contribution in [0.1, 0.15) is 43.9 Å². The van der Waals surface area contributed by atoms with Gasteiger partial charge in [-0.05, 0) is 18.9 Å². The molecule has 0 aliphatic heterocycles. The SMILES string of the molecule is NCC1(C(O)c2ccncn2)CCCCC1. The molecule has 16 heavy (non-hydrogen) atoms. The van der Waals surface area contributed by atoms with Gasteiger partial charge in [0.1, 0.15) is 12.4 Å². The van der Waals surface area contributed by atoms with Crippen molar-refractivity contribution < 1.29 is 5.11 Å². The van der Waals surface area contributed by atoms with Crippen molar-refractivity contribution in [3.63, 3.8) is 0 Å². The normalized spacial score (nSPS) is 21.6. The maximum Gasteiger partial charge on any atom is 0.115 e. The highest BCUT2D eigenvalue weighted by molar-refractivity contribution is 5.08. The van der Waals surface area contributed by atoms with Gasteiger partial charge in [0.15, 0.2) is 0 Å². The molecule has 88 valence electrons. The molecule has 1 aromatic rings. The van der Waals surface area contributed by atoms with E-state index in [1.807, 2.05) is 0 Å². The third-order valence-corrected chi connectivity index (χ3v) is 3.72. The van der Waals surface area contributed by atoms with Gasteiger partial charge in [0, 0.05) is 18.2 Å². The number of aliphatic hydroxyl groups is 1. The lowest BCUT2D eigenvalue weighted by molar-refractivity contribution is -0.00222. The van der Waals surface area contributed by atoms with E-state index in [4.69, 9.17) is 5.73 Å². The maximum absolute atomic E-state index is 10.4. The van der Waals surface area contributed by atoms with Crippen LogP contribution in [0.3, 0.4) is 0 Å². The molecule has 2 rings (SSSR count). The first-order valence-corrected chi connectivity index (χ1v) is 5.92. The van der Waals surface area contributed by atoms with Gasteiger partial charge in [0.25, 0.3) is 0 Å². The highest BCUT2D eigenvalue weighted by Gasteiger charge is 2.39. The second kappa shape index (κ2) is 4.89. The van der Waals surface area contributed by atoms with Gasteiger partial charge in [-0.15, -0.1) is 0 Å². The molecule has 0 spiro atoms. The summed E-state index contributed by atoms with van der Waals surface area (Å²) in [5, 5.41) is 10.4. The van der Waals surface area contributed by atoms with Gasteiger partial charge < -0.3 is 10.8 Å². The molecule has 0 saturated heterocycles. The van der Waals surface area contributed by atoms with Crippen molar-refractivity contribution in [2.24, 2.45) is 11.1 Å². The standard InChI is InChI=1S/C12H19N3O/c13-8-12(5-2-1-3-6-12)11(16)10-4-7-14-9-15-10/h4,7,9,11,16H,1-3,5-6,8,13H2. The zero-order chi connectivity index (χ0) is 11.4.